The Morgan fingerprint density at radius 1 is 1.14 bits per heavy atom. The number of hydrogen-bond donors (Lipinski definition) is 2. The minimum Gasteiger partial charge on any atom is -0.469 e. The molecule has 1 saturated carbocycles. The molecule has 2 aromatic rings. The Balaban J connectivity index is 1.67. The number of carbonyl (C=O) groups excluding carboxylic acids is 3. The molecule has 1 heterocycles. The summed E-state index contributed by atoms with van der Waals surface area (Å²) in [6.07, 6.45) is 11.8. The van der Waals surface area contributed by atoms with Crippen LogP contribution < -0.4 is 5.32 Å². The Kier molecular flexibility index (Phi) is 10.6. The van der Waals surface area contributed by atoms with Crippen molar-refractivity contribution in [2.24, 2.45) is 5.92 Å². The predicted octanol–water partition coefficient (Wildman–Crippen LogP) is 4.75. The van der Waals surface area contributed by atoms with Crippen molar-refractivity contribution in [3.63, 3.8) is 0 Å². The summed E-state index contributed by atoms with van der Waals surface area (Å²) in [4.78, 5) is 43.4. The van der Waals surface area contributed by atoms with E-state index < -0.39 is 6.04 Å². The van der Waals surface area contributed by atoms with Gasteiger partial charge in [0.1, 0.15) is 6.04 Å². The molecule has 0 radical (unpaired) electrons. The number of amides is 2. The van der Waals surface area contributed by atoms with Gasteiger partial charge in [0.05, 0.1) is 20.0 Å². The summed E-state index contributed by atoms with van der Waals surface area (Å²) in [5.74, 6) is 0.0477. The number of fused-ring (bicyclic) bond motifs is 1. The third kappa shape index (κ3) is 8.11. The molecule has 35 heavy (non-hydrogen) atoms. The van der Waals surface area contributed by atoms with Gasteiger partial charge in [-0.2, -0.15) is 0 Å². The maximum absolute atomic E-state index is 13.6. The monoisotopic (exact) mass is 483 g/mol. The average Bonchev–Trinajstić information content (AvgIpc) is 3.29. The molecular weight excluding hydrogens is 442 g/mol. The van der Waals surface area contributed by atoms with Crippen molar-refractivity contribution in [3.8, 4) is 0 Å². The van der Waals surface area contributed by atoms with Crippen LogP contribution in [0.15, 0.2) is 30.5 Å². The predicted molar refractivity (Wildman–Crippen MR) is 138 cm³/mol. The maximum atomic E-state index is 13.6. The molecule has 192 valence electrons. The van der Waals surface area contributed by atoms with Crippen LogP contribution in [0, 0.1) is 5.92 Å². The molecule has 1 fully saturated rings. The molecule has 7 heteroatoms. The summed E-state index contributed by atoms with van der Waals surface area (Å²) in [5, 5.41) is 4.03. The van der Waals surface area contributed by atoms with Gasteiger partial charge in [-0.25, -0.2) is 0 Å². The van der Waals surface area contributed by atoms with E-state index in [9.17, 15) is 14.4 Å². The number of rotatable bonds is 13. The number of unbranched alkanes of at least 4 members (excludes halogenated alkanes) is 1. The minimum atomic E-state index is -0.586. The maximum Gasteiger partial charge on any atom is 0.307 e. The highest BCUT2D eigenvalue weighted by Gasteiger charge is 2.27. The van der Waals surface area contributed by atoms with Gasteiger partial charge in [-0.3, -0.25) is 14.4 Å². The highest BCUT2D eigenvalue weighted by atomic mass is 16.5. The van der Waals surface area contributed by atoms with Gasteiger partial charge in [0, 0.05) is 30.2 Å². The second-order valence-electron chi connectivity index (χ2n) is 9.74. The van der Waals surface area contributed by atoms with Crippen LogP contribution in [0.5, 0.6) is 0 Å². The van der Waals surface area contributed by atoms with Crippen LogP contribution >= 0.6 is 0 Å². The quantitative estimate of drug-likeness (QED) is 0.402. The van der Waals surface area contributed by atoms with Crippen molar-refractivity contribution in [2.75, 3.05) is 20.2 Å². The molecule has 0 aliphatic heterocycles. The molecule has 2 N–H and O–H groups in total. The van der Waals surface area contributed by atoms with E-state index in [2.05, 4.69) is 17.2 Å². The van der Waals surface area contributed by atoms with Gasteiger partial charge < -0.3 is 19.9 Å². The Bertz CT molecular complexity index is 964. The zero-order chi connectivity index (χ0) is 25.0. The zero-order valence-corrected chi connectivity index (χ0v) is 21.3. The fourth-order valence-electron chi connectivity index (χ4n) is 5.06. The summed E-state index contributed by atoms with van der Waals surface area (Å²) in [6.45, 7) is 3.01. The first kappa shape index (κ1) is 26.8. The summed E-state index contributed by atoms with van der Waals surface area (Å²) in [7, 11) is 1.37. The van der Waals surface area contributed by atoms with E-state index in [1.165, 1.54) is 39.2 Å². The molecule has 0 spiro atoms. The standard InChI is InChI=1S/C28H41N3O4/c1-3-4-13-25(30-26(32)19-22-20-29-24-14-9-8-12-23(22)24)28(34)31(18-16-27(33)35-2)17-15-21-10-6-5-7-11-21/h8-9,12,14,20-21,25,29H,3-7,10-11,13,15-19H2,1-2H3,(H,30,32)/t25-/m0/s1. The molecule has 0 saturated heterocycles. The first-order valence-electron chi connectivity index (χ1n) is 13.2. The fourth-order valence-corrected chi connectivity index (χ4v) is 5.06. The molecule has 0 bridgehead atoms. The van der Waals surface area contributed by atoms with Crippen LogP contribution in [0.3, 0.4) is 0 Å². The molecule has 1 aromatic carbocycles. The number of ether oxygens (including phenoxy) is 1. The van der Waals surface area contributed by atoms with Gasteiger partial charge >= 0.3 is 5.97 Å². The Morgan fingerprint density at radius 2 is 1.91 bits per heavy atom. The molecule has 7 nitrogen and oxygen atoms in total. The number of hydrogen-bond acceptors (Lipinski definition) is 4. The van der Waals surface area contributed by atoms with Crippen LogP contribution in [0.4, 0.5) is 0 Å². The van der Waals surface area contributed by atoms with Crippen molar-refractivity contribution >= 4 is 28.7 Å². The second kappa shape index (κ2) is 13.9. The molecule has 1 atom stereocenters. The fraction of sp³-hybridized carbons (Fsp3) is 0.607. The van der Waals surface area contributed by atoms with E-state index in [0.717, 1.165) is 35.7 Å². The van der Waals surface area contributed by atoms with E-state index in [1.807, 2.05) is 30.5 Å². The van der Waals surface area contributed by atoms with Gasteiger partial charge in [-0.1, -0.05) is 70.1 Å². The Labute approximate surface area is 209 Å². The summed E-state index contributed by atoms with van der Waals surface area (Å²) >= 11 is 0. The lowest BCUT2D eigenvalue weighted by Gasteiger charge is -2.30. The van der Waals surface area contributed by atoms with Gasteiger partial charge in [0.25, 0.3) is 0 Å². The normalized spacial score (nSPS) is 15.0. The number of carbonyl (C=O) groups is 3. The van der Waals surface area contributed by atoms with Crippen molar-refractivity contribution in [2.45, 2.75) is 83.6 Å². The van der Waals surface area contributed by atoms with Gasteiger partial charge in [0.2, 0.25) is 11.8 Å². The molecule has 1 aliphatic carbocycles. The summed E-state index contributed by atoms with van der Waals surface area (Å²) in [5.41, 5.74) is 1.91. The van der Waals surface area contributed by atoms with E-state index in [-0.39, 0.29) is 30.6 Å². The topological polar surface area (TPSA) is 91.5 Å². The number of aromatic nitrogens is 1. The molecule has 3 rings (SSSR count). The van der Waals surface area contributed by atoms with Crippen LogP contribution in [-0.4, -0.2) is 53.9 Å². The zero-order valence-electron chi connectivity index (χ0n) is 21.3. The first-order valence-corrected chi connectivity index (χ1v) is 13.2. The summed E-state index contributed by atoms with van der Waals surface area (Å²) in [6, 6.07) is 7.30. The number of esters is 1. The Hall–Kier alpha value is -2.83. The number of nitrogens with one attached hydrogen (secondary N) is 2. The van der Waals surface area contributed by atoms with E-state index in [4.69, 9.17) is 4.74 Å². The van der Waals surface area contributed by atoms with E-state index in [0.29, 0.717) is 25.4 Å². The molecule has 2 amide bonds. The number of methoxy groups -OCH3 is 1. The van der Waals surface area contributed by atoms with Crippen molar-refractivity contribution in [3.05, 3.63) is 36.0 Å². The van der Waals surface area contributed by atoms with E-state index >= 15 is 0 Å². The molecule has 1 aliphatic rings. The van der Waals surface area contributed by atoms with E-state index in [1.54, 1.807) is 4.90 Å². The minimum absolute atomic E-state index is 0.0922. The van der Waals surface area contributed by atoms with Gasteiger partial charge in [-0.15, -0.1) is 0 Å². The van der Waals surface area contributed by atoms with Gasteiger partial charge in [0.15, 0.2) is 0 Å². The van der Waals surface area contributed by atoms with Crippen molar-refractivity contribution in [1.82, 2.24) is 15.2 Å². The third-order valence-electron chi connectivity index (χ3n) is 7.16. The van der Waals surface area contributed by atoms with Crippen molar-refractivity contribution in [1.29, 1.82) is 0 Å². The number of benzene rings is 1. The smallest absolute Gasteiger partial charge is 0.307 e. The number of aromatic amines is 1. The van der Waals surface area contributed by atoms with Gasteiger partial charge in [-0.05, 0) is 30.4 Å². The number of para-hydroxylation sites is 1. The largest absolute Gasteiger partial charge is 0.469 e. The molecule has 1 aromatic heterocycles. The third-order valence-corrected chi connectivity index (χ3v) is 7.16. The second-order valence-corrected chi connectivity index (χ2v) is 9.74. The lowest BCUT2D eigenvalue weighted by atomic mass is 9.87. The average molecular weight is 484 g/mol. The van der Waals surface area contributed by atoms with Crippen LogP contribution in [0.1, 0.15) is 76.7 Å². The molecular formula is C28H41N3O4. The highest BCUT2D eigenvalue weighted by Crippen LogP contribution is 2.26. The summed E-state index contributed by atoms with van der Waals surface area (Å²) < 4.78 is 4.81. The van der Waals surface area contributed by atoms with Crippen molar-refractivity contribution < 1.29 is 19.1 Å². The SMILES string of the molecule is CCCC[C@H](NC(=O)Cc1c[nH]c2ccccc12)C(=O)N(CCC(=O)OC)CCC1CCCCC1. The number of nitrogens with zero attached hydrogens (tertiary/aromatic N) is 1. The number of H-pyrrole nitrogens is 1. The van der Waals surface area contributed by atoms with Crippen LogP contribution in [-0.2, 0) is 25.5 Å². The van der Waals surface area contributed by atoms with Crippen LogP contribution in [0.25, 0.3) is 10.9 Å². The van der Waals surface area contributed by atoms with Crippen LogP contribution in [0.2, 0.25) is 0 Å². The molecule has 0 unspecified atom stereocenters. The highest BCUT2D eigenvalue weighted by molar-refractivity contribution is 5.92. The lowest BCUT2D eigenvalue weighted by molar-refractivity contribution is -0.142. The first-order chi connectivity index (χ1) is 17.0. The lowest BCUT2D eigenvalue weighted by Crippen LogP contribution is -2.50. The Morgan fingerprint density at radius 3 is 2.66 bits per heavy atom.